The highest BCUT2D eigenvalue weighted by Gasteiger charge is 2.19. The number of carbonyl (C=O) groups is 1. The molecule has 0 aliphatic rings. The van der Waals surface area contributed by atoms with E-state index in [2.05, 4.69) is 35.1 Å². The van der Waals surface area contributed by atoms with Crippen molar-refractivity contribution in [3.05, 3.63) is 72.2 Å². The van der Waals surface area contributed by atoms with Gasteiger partial charge in [0.25, 0.3) is 0 Å². The van der Waals surface area contributed by atoms with E-state index in [-0.39, 0.29) is 11.9 Å². The van der Waals surface area contributed by atoms with Crippen molar-refractivity contribution < 1.29 is 13.9 Å². The summed E-state index contributed by atoms with van der Waals surface area (Å²) in [6.45, 7) is 6.59. The van der Waals surface area contributed by atoms with E-state index in [0.717, 1.165) is 35.7 Å². The number of ether oxygens (including phenoxy) is 1. The Morgan fingerprint density at radius 3 is 2.61 bits per heavy atom. The van der Waals surface area contributed by atoms with Crippen molar-refractivity contribution in [2.24, 2.45) is 0 Å². The molecular formula is C25H31N3O3. The van der Waals surface area contributed by atoms with Crippen molar-refractivity contribution in [1.82, 2.24) is 15.2 Å². The lowest BCUT2D eigenvalue weighted by atomic mass is 10.0. The number of hydrogen-bond acceptors (Lipinski definition) is 5. The third-order valence-electron chi connectivity index (χ3n) is 5.40. The molecule has 1 atom stereocenters. The number of benzene rings is 2. The lowest BCUT2D eigenvalue weighted by Crippen LogP contribution is -2.38. The van der Waals surface area contributed by atoms with Crippen LogP contribution in [-0.2, 0) is 11.2 Å². The zero-order chi connectivity index (χ0) is 22.1. The molecule has 0 fully saturated rings. The van der Waals surface area contributed by atoms with E-state index in [1.54, 1.807) is 13.3 Å². The smallest absolute Gasteiger partial charge is 0.220 e. The molecule has 1 unspecified atom stereocenters. The van der Waals surface area contributed by atoms with Crippen LogP contribution in [0.4, 0.5) is 0 Å². The minimum atomic E-state index is -0.0143. The van der Waals surface area contributed by atoms with Gasteiger partial charge in [-0.1, -0.05) is 56.3 Å². The average Bonchev–Trinajstić information content (AvgIpc) is 3.30. The molecule has 6 heteroatoms. The predicted octanol–water partition coefficient (Wildman–Crippen LogP) is 4.48. The first kappa shape index (κ1) is 22.6. The van der Waals surface area contributed by atoms with Gasteiger partial charge in [0, 0.05) is 24.9 Å². The summed E-state index contributed by atoms with van der Waals surface area (Å²) in [5.41, 5.74) is 2.11. The third-order valence-corrected chi connectivity index (χ3v) is 5.40. The van der Waals surface area contributed by atoms with E-state index in [4.69, 9.17) is 9.15 Å². The van der Waals surface area contributed by atoms with Gasteiger partial charge in [-0.2, -0.15) is 0 Å². The molecule has 0 saturated carbocycles. The molecule has 1 heterocycles. The van der Waals surface area contributed by atoms with E-state index in [1.165, 1.54) is 0 Å². The van der Waals surface area contributed by atoms with Gasteiger partial charge in [0.1, 0.15) is 5.75 Å². The van der Waals surface area contributed by atoms with Crippen molar-refractivity contribution in [2.75, 3.05) is 26.7 Å². The number of nitrogens with one attached hydrogen (secondary N) is 1. The lowest BCUT2D eigenvalue weighted by molar-refractivity contribution is -0.121. The topological polar surface area (TPSA) is 67.6 Å². The normalized spacial score (nSPS) is 12.0. The first-order valence-corrected chi connectivity index (χ1v) is 10.8. The third kappa shape index (κ3) is 6.18. The first-order chi connectivity index (χ1) is 15.1. The summed E-state index contributed by atoms with van der Waals surface area (Å²) in [6.07, 6.45) is 2.51. The van der Waals surface area contributed by atoms with E-state index < -0.39 is 0 Å². The summed E-state index contributed by atoms with van der Waals surface area (Å²) < 4.78 is 11.2. The summed E-state index contributed by atoms with van der Waals surface area (Å²) in [5.74, 6) is 2.09. The van der Waals surface area contributed by atoms with Crippen LogP contribution in [-0.4, -0.2) is 42.5 Å². The maximum absolute atomic E-state index is 12.5. The molecule has 0 aliphatic carbocycles. The SMILES string of the molecule is CCN(CC)C(CNC(=O)CCc1ncc(-c2ccccc2)o1)c1cccc(OC)c1. The Morgan fingerprint density at radius 1 is 1.13 bits per heavy atom. The number of oxazole rings is 1. The summed E-state index contributed by atoms with van der Waals surface area (Å²) in [5, 5.41) is 3.09. The van der Waals surface area contributed by atoms with Crippen LogP contribution in [0.1, 0.15) is 37.8 Å². The number of nitrogens with zero attached hydrogens (tertiary/aromatic N) is 2. The molecule has 3 rings (SSSR count). The van der Waals surface area contributed by atoms with Crippen molar-refractivity contribution in [1.29, 1.82) is 0 Å². The van der Waals surface area contributed by atoms with E-state index in [1.807, 2.05) is 48.5 Å². The number of rotatable bonds is 11. The first-order valence-electron chi connectivity index (χ1n) is 10.8. The molecule has 164 valence electrons. The molecule has 0 bridgehead atoms. The summed E-state index contributed by atoms with van der Waals surface area (Å²) >= 11 is 0. The van der Waals surface area contributed by atoms with Gasteiger partial charge in [0.15, 0.2) is 11.7 Å². The predicted molar refractivity (Wildman–Crippen MR) is 122 cm³/mol. The molecule has 3 aromatic rings. The molecule has 1 N–H and O–H groups in total. The van der Waals surface area contributed by atoms with Crippen LogP contribution in [0.25, 0.3) is 11.3 Å². The van der Waals surface area contributed by atoms with Crippen molar-refractivity contribution in [2.45, 2.75) is 32.7 Å². The van der Waals surface area contributed by atoms with Crippen molar-refractivity contribution in [3.63, 3.8) is 0 Å². The second-order valence-electron chi connectivity index (χ2n) is 7.30. The van der Waals surface area contributed by atoms with Gasteiger partial charge in [-0.05, 0) is 30.8 Å². The maximum Gasteiger partial charge on any atom is 0.220 e. The summed E-state index contributed by atoms with van der Waals surface area (Å²) in [4.78, 5) is 19.2. The van der Waals surface area contributed by atoms with Gasteiger partial charge < -0.3 is 14.5 Å². The Labute approximate surface area is 184 Å². The van der Waals surface area contributed by atoms with Crippen LogP contribution in [0, 0.1) is 0 Å². The number of methoxy groups -OCH3 is 1. The Morgan fingerprint density at radius 2 is 1.90 bits per heavy atom. The average molecular weight is 422 g/mol. The van der Waals surface area contributed by atoms with Gasteiger partial charge >= 0.3 is 0 Å². The molecule has 2 aromatic carbocycles. The highest BCUT2D eigenvalue weighted by Crippen LogP contribution is 2.24. The van der Waals surface area contributed by atoms with E-state index in [9.17, 15) is 4.79 Å². The summed E-state index contributed by atoms with van der Waals surface area (Å²) in [6, 6.07) is 17.9. The largest absolute Gasteiger partial charge is 0.497 e. The fourth-order valence-corrected chi connectivity index (χ4v) is 3.65. The Kier molecular flexibility index (Phi) is 8.24. The maximum atomic E-state index is 12.5. The number of aryl methyl sites for hydroxylation is 1. The lowest BCUT2D eigenvalue weighted by Gasteiger charge is -2.30. The van der Waals surface area contributed by atoms with Crippen molar-refractivity contribution in [3.8, 4) is 17.1 Å². The molecule has 0 radical (unpaired) electrons. The standard InChI is InChI=1S/C25H31N3O3/c1-4-28(5-2)22(20-12-9-13-21(16-20)30-3)17-26-24(29)14-15-25-27-18-23(31-25)19-10-7-6-8-11-19/h6-13,16,18,22H,4-5,14-15,17H2,1-3H3,(H,26,29). The fourth-order valence-electron chi connectivity index (χ4n) is 3.65. The zero-order valence-corrected chi connectivity index (χ0v) is 18.5. The number of aromatic nitrogens is 1. The molecule has 6 nitrogen and oxygen atoms in total. The minimum Gasteiger partial charge on any atom is -0.497 e. The zero-order valence-electron chi connectivity index (χ0n) is 18.5. The molecule has 1 aromatic heterocycles. The molecule has 1 amide bonds. The number of hydrogen-bond donors (Lipinski definition) is 1. The van der Waals surface area contributed by atoms with Crippen LogP contribution >= 0.6 is 0 Å². The number of amides is 1. The number of likely N-dealkylation sites (N-methyl/N-ethyl adjacent to an activating group) is 1. The van der Waals surface area contributed by atoms with Gasteiger partial charge in [-0.3, -0.25) is 9.69 Å². The van der Waals surface area contributed by atoms with Crippen LogP contribution < -0.4 is 10.1 Å². The minimum absolute atomic E-state index is 0.0143. The van der Waals surface area contributed by atoms with Gasteiger partial charge in [-0.15, -0.1) is 0 Å². The quantitative estimate of drug-likeness (QED) is 0.494. The second-order valence-corrected chi connectivity index (χ2v) is 7.30. The second kappa shape index (κ2) is 11.3. The molecular weight excluding hydrogens is 390 g/mol. The molecule has 31 heavy (non-hydrogen) atoms. The fraction of sp³-hybridized carbons (Fsp3) is 0.360. The Hall–Kier alpha value is -3.12. The van der Waals surface area contributed by atoms with Crippen LogP contribution in [0.5, 0.6) is 5.75 Å². The van der Waals surface area contributed by atoms with Gasteiger partial charge in [-0.25, -0.2) is 4.98 Å². The molecule has 0 saturated heterocycles. The van der Waals surface area contributed by atoms with E-state index >= 15 is 0 Å². The van der Waals surface area contributed by atoms with Gasteiger partial charge in [0.05, 0.1) is 19.3 Å². The highest BCUT2D eigenvalue weighted by atomic mass is 16.5. The van der Waals surface area contributed by atoms with Crippen molar-refractivity contribution >= 4 is 5.91 Å². The summed E-state index contributed by atoms with van der Waals surface area (Å²) in [7, 11) is 1.67. The molecule has 0 spiro atoms. The van der Waals surface area contributed by atoms with Crippen LogP contribution in [0.2, 0.25) is 0 Å². The van der Waals surface area contributed by atoms with E-state index in [0.29, 0.717) is 25.3 Å². The highest BCUT2D eigenvalue weighted by molar-refractivity contribution is 5.76. The Bertz CT molecular complexity index is 951. The Balaban J connectivity index is 1.57. The van der Waals surface area contributed by atoms with Crippen LogP contribution in [0.3, 0.4) is 0 Å². The monoisotopic (exact) mass is 421 g/mol. The van der Waals surface area contributed by atoms with Gasteiger partial charge in [0.2, 0.25) is 5.91 Å². The molecule has 0 aliphatic heterocycles. The van der Waals surface area contributed by atoms with Crippen LogP contribution in [0.15, 0.2) is 65.2 Å². The number of carbonyl (C=O) groups excluding carboxylic acids is 1.